The van der Waals surface area contributed by atoms with Crippen molar-refractivity contribution >= 4 is 33.4 Å². The van der Waals surface area contributed by atoms with Crippen LogP contribution >= 0.6 is 11.3 Å². The van der Waals surface area contributed by atoms with Crippen LogP contribution in [0.3, 0.4) is 0 Å². The highest BCUT2D eigenvalue weighted by molar-refractivity contribution is 7.20. The normalized spacial score (nSPS) is 20.2. The van der Waals surface area contributed by atoms with Gasteiger partial charge < -0.3 is 19.7 Å². The number of rotatable bonds is 7. The molecule has 31 heavy (non-hydrogen) atoms. The summed E-state index contributed by atoms with van der Waals surface area (Å²) in [7, 11) is 1.61. The lowest BCUT2D eigenvalue weighted by Crippen LogP contribution is -2.43. The number of pyridine rings is 1. The summed E-state index contributed by atoms with van der Waals surface area (Å²) in [6.45, 7) is 2.45. The van der Waals surface area contributed by atoms with E-state index < -0.39 is 0 Å². The first-order valence-electron chi connectivity index (χ1n) is 11.2. The number of ether oxygens (including phenoxy) is 2. The molecule has 1 atom stereocenters. The lowest BCUT2D eigenvalue weighted by atomic mass is 9.86. The molecule has 2 amide bonds. The molecule has 1 aliphatic carbocycles. The summed E-state index contributed by atoms with van der Waals surface area (Å²) in [5.41, 5.74) is 0.846. The molecule has 1 N–H and O–H groups in total. The monoisotopic (exact) mass is 445 g/mol. The minimum atomic E-state index is -0.329. The van der Waals surface area contributed by atoms with E-state index in [1.165, 1.54) is 30.6 Å². The molecular weight excluding hydrogens is 414 g/mol. The summed E-state index contributed by atoms with van der Waals surface area (Å²) in [5, 5.41) is 3.84. The number of carbonyl (C=O) groups excluding carboxylic acids is 2. The number of amides is 2. The van der Waals surface area contributed by atoms with Gasteiger partial charge >= 0.3 is 0 Å². The van der Waals surface area contributed by atoms with Gasteiger partial charge in [0.05, 0.1) is 19.8 Å². The number of carbonyl (C=O) groups is 2. The van der Waals surface area contributed by atoms with Gasteiger partial charge in [0.15, 0.2) is 0 Å². The van der Waals surface area contributed by atoms with Gasteiger partial charge in [-0.1, -0.05) is 25.3 Å². The van der Waals surface area contributed by atoms with E-state index in [-0.39, 0.29) is 17.9 Å². The Morgan fingerprint density at radius 2 is 2.16 bits per heavy atom. The maximum absolute atomic E-state index is 13.0. The lowest BCUT2D eigenvalue weighted by molar-refractivity contribution is -0.140. The van der Waals surface area contributed by atoms with E-state index in [0.29, 0.717) is 50.1 Å². The minimum absolute atomic E-state index is 0.149. The van der Waals surface area contributed by atoms with E-state index in [2.05, 4.69) is 10.3 Å². The van der Waals surface area contributed by atoms with Crippen LogP contribution in [-0.2, 0) is 14.3 Å². The maximum atomic E-state index is 13.0. The van der Waals surface area contributed by atoms with E-state index in [1.54, 1.807) is 13.3 Å². The second-order valence-electron chi connectivity index (χ2n) is 8.36. The third-order valence-electron chi connectivity index (χ3n) is 6.23. The predicted molar refractivity (Wildman–Crippen MR) is 120 cm³/mol. The second-order valence-corrected chi connectivity index (χ2v) is 9.36. The van der Waals surface area contributed by atoms with E-state index in [9.17, 15) is 9.59 Å². The summed E-state index contributed by atoms with van der Waals surface area (Å²) in [4.78, 5) is 33.7. The van der Waals surface area contributed by atoms with Crippen LogP contribution in [0.25, 0.3) is 10.2 Å². The highest BCUT2D eigenvalue weighted by Gasteiger charge is 2.32. The largest absolute Gasteiger partial charge is 0.383 e. The average molecular weight is 446 g/mol. The molecule has 168 valence electrons. The zero-order valence-corrected chi connectivity index (χ0v) is 18.9. The molecule has 1 saturated carbocycles. The first-order chi connectivity index (χ1) is 15.2. The Kier molecular flexibility index (Phi) is 7.53. The molecule has 0 spiro atoms. The molecule has 0 aromatic carbocycles. The fourth-order valence-corrected chi connectivity index (χ4v) is 5.72. The van der Waals surface area contributed by atoms with Crippen LogP contribution in [0.4, 0.5) is 0 Å². The van der Waals surface area contributed by atoms with Crippen molar-refractivity contribution in [1.29, 1.82) is 0 Å². The number of nitrogens with one attached hydrogen (secondary N) is 1. The maximum Gasteiger partial charge on any atom is 0.261 e. The Hall–Kier alpha value is -2.03. The van der Waals surface area contributed by atoms with Gasteiger partial charge in [-0.25, -0.2) is 4.98 Å². The summed E-state index contributed by atoms with van der Waals surface area (Å²) >= 11 is 1.37. The SMILES string of the molecule is COCCNC(=O)c1sc2ncccc2c1C1CN(C(=O)CC2CCCCC2)CCO1. The van der Waals surface area contributed by atoms with Gasteiger partial charge in [-0.2, -0.15) is 0 Å². The van der Waals surface area contributed by atoms with Gasteiger partial charge in [-0.15, -0.1) is 11.3 Å². The van der Waals surface area contributed by atoms with Crippen LogP contribution in [0.15, 0.2) is 18.3 Å². The highest BCUT2D eigenvalue weighted by Crippen LogP contribution is 2.37. The Bertz CT molecular complexity index is 909. The molecule has 0 radical (unpaired) electrons. The molecule has 2 aromatic rings. The molecule has 0 bridgehead atoms. The van der Waals surface area contributed by atoms with Crippen LogP contribution in [0.5, 0.6) is 0 Å². The van der Waals surface area contributed by atoms with E-state index in [4.69, 9.17) is 9.47 Å². The molecule has 7 nitrogen and oxygen atoms in total. The van der Waals surface area contributed by atoms with Gasteiger partial charge in [-0.05, 0) is 24.8 Å². The van der Waals surface area contributed by atoms with Gasteiger partial charge in [0.2, 0.25) is 5.91 Å². The number of methoxy groups -OCH3 is 1. The molecule has 4 rings (SSSR count). The van der Waals surface area contributed by atoms with Gasteiger partial charge in [0, 0.05) is 43.8 Å². The number of aromatic nitrogens is 1. The van der Waals surface area contributed by atoms with Gasteiger partial charge in [-0.3, -0.25) is 9.59 Å². The Morgan fingerprint density at radius 3 is 2.97 bits per heavy atom. The summed E-state index contributed by atoms with van der Waals surface area (Å²) in [6, 6.07) is 3.85. The fraction of sp³-hybridized carbons (Fsp3) is 0.609. The lowest BCUT2D eigenvalue weighted by Gasteiger charge is -2.34. The van der Waals surface area contributed by atoms with Crippen molar-refractivity contribution in [3.05, 3.63) is 28.8 Å². The molecular formula is C23H31N3O4S. The molecule has 3 heterocycles. The Morgan fingerprint density at radius 1 is 1.32 bits per heavy atom. The highest BCUT2D eigenvalue weighted by atomic mass is 32.1. The van der Waals surface area contributed by atoms with Crippen LogP contribution in [0.2, 0.25) is 0 Å². The van der Waals surface area contributed by atoms with Crippen LogP contribution in [-0.4, -0.2) is 61.7 Å². The fourth-order valence-electron chi connectivity index (χ4n) is 4.60. The van der Waals surface area contributed by atoms with Crippen molar-refractivity contribution < 1.29 is 19.1 Å². The molecule has 2 aliphatic rings. The predicted octanol–water partition coefficient (Wildman–Crippen LogP) is 3.54. The molecule has 1 saturated heterocycles. The summed E-state index contributed by atoms with van der Waals surface area (Å²) < 4.78 is 11.1. The molecule has 8 heteroatoms. The van der Waals surface area contributed by atoms with Gasteiger partial charge in [0.1, 0.15) is 15.8 Å². The number of morpholine rings is 1. The Labute approximate surface area is 187 Å². The third-order valence-corrected chi connectivity index (χ3v) is 7.36. The third kappa shape index (κ3) is 5.25. The van der Waals surface area contributed by atoms with Gasteiger partial charge in [0.25, 0.3) is 5.91 Å². The Balaban J connectivity index is 1.53. The van der Waals surface area contributed by atoms with Crippen molar-refractivity contribution in [2.75, 3.05) is 40.0 Å². The molecule has 1 unspecified atom stereocenters. The number of hydrogen-bond acceptors (Lipinski definition) is 6. The zero-order valence-electron chi connectivity index (χ0n) is 18.1. The molecule has 1 aliphatic heterocycles. The number of thiophene rings is 1. The second kappa shape index (κ2) is 10.5. The quantitative estimate of drug-likeness (QED) is 0.660. The van der Waals surface area contributed by atoms with Crippen LogP contribution in [0.1, 0.15) is 59.9 Å². The summed E-state index contributed by atoms with van der Waals surface area (Å²) in [6.07, 6.45) is 8.11. The van der Waals surface area contributed by atoms with Crippen molar-refractivity contribution in [3.63, 3.8) is 0 Å². The molecule has 2 aromatic heterocycles. The van der Waals surface area contributed by atoms with Crippen LogP contribution < -0.4 is 5.32 Å². The van der Waals surface area contributed by atoms with Crippen molar-refractivity contribution in [2.24, 2.45) is 5.92 Å². The standard InChI is InChI=1S/C23H31N3O4S/c1-29-12-10-24-22(28)21-20(17-8-5-9-25-23(17)31-21)18-15-26(11-13-30-18)19(27)14-16-6-3-2-4-7-16/h5,8-9,16,18H,2-4,6-7,10-15H2,1H3,(H,24,28). The van der Waals surface area contributed by atoms with Crippen molar-refractivity contribution in [1.82, 2.24) is 15.2 Å². The zero-order chi connectivity index (χ0) is 21.6. The molecule has 2 fully saturated rings. The first kappa shape index (κ1) is 22.2. The summed E-state index contributed by atoms with van der Waals surface area (Å²) in [5.74, 6) is 0.573. The number of fused-ring (bicyclic) bond motifs is 1. The van der Waals surface area contributed by atoms with E-state index in [0.717, 1.165) is 28.6 Å². The van der Waals surface area contributed by atoms with Crippen molar-refractivity contribution in [2.45, 2.75) is 44.6 Å². The van der Waals surface area contributed by atoms with E-state index in [1.807, 2.05) is 17.0 Å². The topological polar surface area (TPSA) is 80.8 Å². The average Bonchev–Trinajstić information content (AvgIpc) is 3.20. The van der Waals surface area contributed by atoms with Crippen molar-refractivity contribution in [3.8, 4) is 0 Å². The van der Waals surface area contributed by atoms with E-state index >= 15 is 0 Å². The smallest absolute Gasteiger partial charge is 0.261 e. The number of hydrogen-bond donors (Lipinski definition) is 1. The minimum Gasteiger partial charge on any atom is -0.383 e. The number of nitrogens with zero attached hydrogens (tertiary/aromatic N) is 2. The first-order valence-corrected chi connectivity index (χ1v) is 12.0. The van der Waals surface area contributed by atoms with Crippen LogP contribution in [0, 0.1) is 5.92 Å².